The molecule has 0 amide bonds. The zero-order chi connectivity index (χ0) is 13.2. The first-order chi connectivity index (χ1) is 9.22. The predicted molar refractivity (Wildman–Crippen MR) is 73.0 cm³/mol. The smallest absolute Gasteiger partial charge is 0.231 e. The summed E-state index contributed by atoms with van der Waals surface area (Å²) in [6.07, 6.45) is 0. The Balaban J connectivity index is 1.70. The van der Waals surface area contributed by atoms with Crippen LogP contribution in [0.25, 0.3) is 0 Å². The molecule has 5 N–H and O–H groups in total. The molecule has 0 radical (unpaired) electrons. The molecule has 0 unspecified atom stereocenters. The summed E-state index contributed by atoms with van der Waals surface area (Å²) < 4.78 is 10.6. The minimum atomic E-state index is 0.280. The standard InChI is InChI=1S/C13H14N4O2/c14-9-2-4-12(17-13(9)15)16-6-8-1-3-10-11(5-8)19-7-18-10/h1-5H,6-7,14H2,(H3,15,16,17). The lowest BCUT2D eigenvalue weighted by atomic mass is 10.2. The highest BCUT2D eigenvalue weighted by Gasteiger charge is 2.12. The lowest BCUT2D eigenvalue weighted by Crippen LogP contribution is -2.04. The molecule has 19 heavy (non-hydrogen) atoms. The van der Waals surface area contributed by atoms with Crippen LogP contribution in [0.2, 0.25) is 0 Å². The molecule has 0 aliphatic carbocycles. The summed E-state index contributed by atoms with van der Waals surface area (Å²) in [6.45, 7) is 0.898. The van der Waals surface area contributed by atoms with E-state index in [0.29, 0.717) is 23.9 Å². The van der Waals surface area contributed by atoms with Gasteiger partial charge in [0.2, 0.25) is 6.79 Å². The van der Waals surface area contributed by atoms with Crippen molar-refractivity contribution in [1.82, 2.24) is 4.98 Å². The third-order valence-corrected chi connectivity index (χ3v) is 2.87. The highest BCUT2D eigenvalue weighted by atomic mass is 16.7. The van der Waals surface area contributed by atoms with Crippen molar-refractivity contribution in [3.63, 3.8) is 0 Å². The number of ether oxygens (including phenoxy) is 2. The topological polar surface area (TPSA) is 95.4 Å². The second kappa shape index (κ2) is 4.56. The fourth-order valence-corrected chi connectivity index (χ4v) is 1.83. The lowest BCUT2D eigenvalue weighted by Gasteiger charge is -2.08. The number of benzene rings is 1. The Morgan fingerprint density at radius 3 is 2.79 bits per heavy atom. The van der Waals surface area contributed by atoms with E-state index >= 15 is 0 Å². The molecule has 0 bridgehead atoms. The summed E-state index contributed by atoms with van der Waals surface area (Å²) in [5.74, 6) is 2.56. The van der Waals surface area contributed by atoms with Crippen molar-refractivity contribution >= 4 is 17.3 Å². The van der Waals surface area contributed by atoms with Crippen LogP contribution >= 0.6 is 0 Å². The van der Waals surface area contributed by atoms with E-state index in [9.17, 15) is 0 Å². The molecule has 0 atom stereocenters. The van der Waals surface area contributed by atoms with E-state index in [1.165, 1.54) is 0 Å². The van der Waals surface area contributed by atoms with E-state index in [1.54, 1.807) is 12.1 Å². The van der Waals surface area contributed by atoms with Gasteiger partial charge in [-0.2, -0.15) is 0 Å². The number of pyridine rings is 1. The molecule has 0 saturated heterocycles. The van der Waals surface area contributed by atoms with Crippen LogP contribution in [0.5, 0.6) is 11.5 Å². The number of hydrogen-bond donors (Lipinski definition) is 3. The summed E-state index contributed by atoms with van der Waals surface area (Å²) in [5.41, 5.74) is 12.8. The maximum Gasteiger partial charge on any atom is 0.231 e. The fraction of sp³-hybridized carbons (Fsp3) is 0.154. The van der Waals surface area contributed by atoms with Gasteiger partial charge in [0.25, 0.3) is 0 Å². The molecule has 1 aliphatic heterocycles. The van der Waals surface area contributed by atoms with Crippen LogP contribution in [0.4, 0.5) is 17.3 Å². The maximum atomic E-state index is 5.65. The molecule has 1 aliphatic rings. The summed E-state index contributed by atoms with van der Waals surface area (Å²) in [7, 11) is 0. The van der Waals surface area contributed by atoms with Gasteiger partial charge in [0.15, 0.2) is 11.5 Å². The van der Waals surface area contributed by atoms with Crippen LogP contribution in [-0.4, -0.2) is 11.8 Å². The van der Waals surface area contributed by atoms with Crippen molar-refractivity contribution in [2.24, 2.45) is 0 Å². The Hall–Kier alpha value is -2.63. The van der Waals surface area contributed by atoms with Crippen LogP contribution in [0.3, 0.4) is 0 Å². The minimum absolute atomic E-state index is 0.280. The van der Waals surface area contributed by atoms with Gasteiger partial charge in [-0.25, -0.2) is 4.98 Å². The Morgan fingerprint density at radius 1 is 1.11 bits per heavy atom. The van der Waals surface area contributed by atoms with Gasteiger partial charge in [-0.1, -0.05) is 6.07 Å². The van der Waals surface area contributed by atoms with Crippen molar-refractivity contribution < 1.29 is 9.47 Å². The quantitative estimate of drug-likeness (QED) is 0.773. The molecule has 0 spiro atoms. The summed E-state index contributed by atoms with van der Waals surface area (Å²) in [5, 5.41) is 3.18. The fourth-order valence-electron chi connectivity index (χ4n) is 1.83. The van der Waals surface area contributed by atoms with Gasteiger partial charge >= 0.3 is 0 Å². The van der Waals surface area contributed by atoms with E-state index < -0.39 is 0 Å². The van der Waals surface area contributed by atoms with Crippen molar-refractivity contribution in [2.75, 3.05) is 23.6 Å². The highest BCUT2D eigenvalue weighted by Crippen LogP contribution is 2.32. The normalized spacial score (nSPS) is 12.4. The first-order valence-electron chi connectivity index (χ1n) is 5.87. The Morgan fingerprint density at radius 2 is 1.95 bits per heavy atom. The predicted octanol–water partition coefficient (Wildman–Crippen LogP) is 1.59. The van der Waals surface area contributed by atoms with E-state index in [0.717, 1.165) is 17.1 Å². The maximum absolute atomic E-state index is 5.65. The molecule has 0 saturated carbocycles. The number of rotatable bonds is 3. The molecule has 3 rings (SSSR count). The van der Waals surface area contributed by atoms with E-state index in [1.807, 2.05) is 18.2 Å². The zero-order valence-electron chi connectivity index (χ0n) is 10.2. The first kappa shape index (κ1) is 11.5. The number of nitrogen functional groups attached to an aromatic ring is 2. The first-order valence-corrected chi connectivity index (χ1v) is 5.87. The van der Waals surface area contributed by atoms with Crippen LogP contribution in [-0.2, 0) is 6.54 Å². The Kier molecular flexibility index (Phi) is 2.75. The van der Waals surface area contributed by atoms with E-state index in [4.69, 9.17) is 20.9 Å². The number of fused-ring (bicyclic) bond motifs is 1. The SMILES string of the molecule is Nc1ccc(NCc2ccc3c(c2)OCO3)nc1N. The average Bonchev–Trinajstić information content (AvgIpc) is 2.87. The van der Waals surface area contributed by atoms with Crippen LogP contribution < -0.4 is 26.3 Å². The van der Waals surface area contributed by atoms with Gasteiger partial charge in [0, 0.05) is 6.54 Å². The van der Waals surface area contributed by atoms with E-state index in [-0.39, 0.29) is 6.79 Å². The van der Waals surface area contributed by atoms with Crippen molar-refractivity contribution in [1.29, 1.82) is 0 Å². The number of nitrogens with one attached hydrogen (secondary N) is 1. The number of anilines is 3. The molecule has 2 aromatic rings. The third-order valence-electron chi connectivity index (χ3n) is 2.87. The second-order valence-electron chi connectivity index (χ2n) is 4.21. The molecule has 98 valence electrons. The second-order valence-corrected chi connectivity index (χ2v) is 4.21. The Bertz CT molecular complexity index is 616. The summed E-state index contributed by atoms with van der Waals surface area (Å²) in [6, 6.07) is 9.32. The van der Waals surface area contributed by atoms with Gasteiger partial charge in [0.05, 0.1) is 5.69 Å². The minimum Gasteiger partial charge on any atom is -0.454 e. The van der Waals surface area contributed by atoms with Crippen molar-refractivity contribution in [3.05, 3.63) is 35.9 Å². The van der Waals surface area contributed by atoms with Crippen molar-refractivity contribution in [2.45, 2.75) is 6.54 Å². The van der Waals surface area contributed by atoms with Crippen LogP contribution in [0.1, 0.15) is 5.56 Å². The molecular formula is C13H14N4O2. The molecular weight excluding hydrogens is 244 g/mol. The molecule has 1 aromatic heterocycles. The lowest BCUT2D eigenvalue weighted by molar-refractivity contribution is 0.174. The third kappa shape index (κ3) is 2.33. The monoisotopic (exact) mass is 258 g/mol. The summed E-state index contributed by atoms with van der Waals surface area (Å²) in [4.78, 5) is 4.15. The van der Waals surface area contributed by atoms with Gasteiger partial charge in [0.1, 0.15) is 11.6 Å². The highest BCUT2D eigenvalue weighted by molar-refractivity contribution is 5.61. The van der Waals surface area contributed by atoms with Gasteiger partial charge in [-0.3, -0.25) is 0 Å². The Labute approximate surface area is 110 Å². The molecule has 0 fully saturated rings. The van der Waals surface area contributed by atoms with Crippen molar-refractivity contribution in [3.8, 4) is 11.5 Å². The van der Waals surface area contributed by atoms with E-state index in [2.05, 4.69) is 10.3 Å². The molecule has 2 heterocycles. The van der Waals surface area contributed by atoms with Gasteiger partial charge < -0.3 is 26.3 Å². The number of nitrogens with two attached hydrogens (primary N) is 2. The number of hydrogen-bond acceptors (Lipinski definition) is 6. The number of nitrogens with zero attached hydrogens (tertiary/aromatic N) is 1. The summed E-state index contributed by atoms with van der Waals surface area (Å²) >= 11 is 0. The van der Waals surface area contributed by atoms with Crippen LogP contribution in [0, 0.1) is 0 Å². The van der Waals surface area contributed by atoms with Gasteiger partial charge in [-0.05, 0) is 29.8 Å². The molecule has 1 aromatic carbocycles. The number of aromatic nitrogens is 1. The average molecular weight is 258 g/mol. The largest absolute Gasteiger partial charge is 0.454 e. The molecule has 6 heteroatoms. The molecule has 6 nitrogen and oxygen atoms in total. The van der Waals surface area contributed by atoms with Crippen LogP contribution in [0.15, 0.2) is 30.3 Å². The van der Waals surface area contributed by atoms with Gasteiger partial charge in [-0.15, -0.1) is 0 Å². The zero-order valence-corrected chi connectivity index (χ0v) is 10.2.